The van der Waals surface area contributed by atoms with Crippen molar-refractivity contribution in [2.45, 2.75) is 72.8 Å². The lowest BCUT2D eigenvalue weighted by Gasteiger charge is -2.28. The SMILES string of the molecule is CC.CCC(C)CNC1CCC(C)CC1. The minimum absolute atomic E-state index is 0.824. The summed E-state index contributed by atoms with van der Waals surface area (Å²) in [5.74, 6) is 1.82. The highest BCUT2D eigenvalue weighted by atomic mass is 14.9. The Morgan fingerprint density at radius 2 is 1.67 bits per heavy atom. The van der Waals surface area contributed by atoms with Crippen molar-refractivity contribution in [3.05, 3.63) is 0 Å². The molecule has 0 bridgehead atoms. The maximum Gasteiger partial charge on any atom is 0.00673 e. The third-order valence-electron chi connectivity index (χ3n) is 3.47. The second-order valence-electron chi connectivity index (χ2n) is 4.88. The molecule has 0 radical (unpaired) electrons. The van der Waals surface area contributed by atoms with Gasteiger partial charge in [-0.1, -0.05) is 41.0 Å². The van der Waals surface area contributed by atoms with Crippen LogP contribution < -0.4 is 5.32 Å². The van der Waals surface area contributed by atoms with Crippen LogP contribution in [0.25, 0.3) is 0 Å². The van der Waals surface area contributed by atoms with E-state index in [1.165, 1.54) is 38.6 Å². The lowest BCUT2D eigenvalue weighted by Crippen LogP contribution is -2.35. The fourth-order valence-electron chi connectivity index (χ4n) is 1.98. The van der Waals surface area contributed by atoms with E-state index in [1.54, 1.807) is 0 Å². The van der Waals surface area contributed by atoms with E-state index in [-0.39, 0.29) is 0 Å². The highest BCUT2D eigenvalue weighted by Gasteiger charge is 2.17. The van der Waals surface area contributed by atoms with Crippen LogP contribution in [0.2, 0.25) is 0 Å². The van der Waals surface area contributed by atoms with E-state index in [0.29, 0.717) is 0 Å². The zero-order chi connectivity index (χ0) is 11.7. The maximum atomic E-state index is 3.69. The van der Waals surface area contributed by atoms with E-state index >= 15 is 0 Å². The topological polar surface area (TPSA) is 12.0 Å². The predicted molar refractivity (Wildman–Crippen MR) is 70.2 cm³/mol. The molecule has 0 aliphatic heterocycles. The van der Waals surface area contributed by atoms with Gasteiger partial charge in [-0.05, 0) is 44.1 Å². The van der Waals surface area contributed by atoms with Gasteiger partial charge in [-0.2, -0.15) is 0 Å². The number of nitrogens with one attached hydrogen (secondary N) is 1. The molecule has 0 saturated heterocycles. The molecule has 1 rings (SSSR count). The van der Waals surface area contributed by atoms with Crippen molar-refractivity contribution < 1.29 is 0 Å². The average molecular weight is 213 g/mol. The molecule has 1 aliphatic rings. The summed E-state index contributed by atoms with van der Waals surface area (Å²) in [7, 11) is 0. The first-order valence-corrected chi connectivity index (χ1v) is 6.95. The Kier molecular flexibility index (Phi) is 9.18. The van der Waals surface area contributed by atoms with Crippen LogP contribution in [0.15, 0.2) is 0 Å². The molecule has 1 unspecified atom stereocenters. The summed E-state index contributed by atoms with van der Waals surface area (Å²) in [5.41, 5.74) is 0. The third kappa shape index (κ3) is 6.94. The average Bonchev–Trinajstić information content (AvgIpc) is 2.30. The smallest absolute Gasteiger partial charge is 0.00673 e. The van der Waals surface area contributed by atoms with E-state index in [9.17, 15) is 0 Å². The number of hydrogen-bond acceptors (Lipinski definition) is 1. The van der Waals surface area contributed by atoms with Crippen LogP contribution >= 0.6 is 0 Å². The van der Waals surface area contributed by atoms with Crippen molar-refractivity contribution in [1.29, 1.82) is 0 Å². The van der Waals surface area contributed by atoms with E-state index in [4.69, 9.17) is 0 Å². The molecule has 1 heteroatoms. The van der Waals surface area contributed by atoms with Crippen LogP contribution in [0.1, 0.15) is 66.7 Å². The van der Waals surface area contributed by atoms with Crippen LogP contribution in [0.3, 0.4) is 0 Å². The van der Waals surface area contributed by atoms with Gasteiger partial charge in [-0.3, -0.25) is 0 Å². The quantitative estimate of drug-likeness (QED) is 0.737. The van der Waals surface area contributed by atoms with Crippen LogP contribution in [0.4, 0.5) is 0 Å². The van der Waals surface area contributed by atoms with Gasteiger partial charge in [-0.15, -0.1) is 0 Å². The fraction of sp³-hybridized carbons (Fsp3) is 1.00. The highest BCUT2D eigenvalue weighted by molar-refractivity contribution is 4.75. The molecule has 0 heterocycles. The zero-order valence-electron chi connectivity index (χ0n) is 11.5. The maximum absolute atomic E-state index is 3.69. The molecular formula is C14H31N. The summed E-state index contributed by atoms with van der Waals surface area (Å²) in [6.07, 6.45) is 6.96. The normalized spacial score (nSPS) is 27.8. The Hall–Kier alpha value is -0.0400. The molecule has 92 valence electrons. The van der Waals surface area contributed by atoms with Gasteiger partial charge in [0.25, 0.3) is 0 Å². The van der Waals surface area contributed by atoms with Crippen LogP contribution in [0.5, 0.6) is 0 Å². The molecule has 0 spiro atoms. The summed E-state index contributed by atoms with van der Waals surface area (Å²) in [6.45, 7) is 12.2. The monoisotopic (exact) mass is 213 g/mol. The first-order chi connectivity index (χ1) is 7.22. The van der Waals surface area contributed by atoms with Gasteiger partial charge in [0.15, 0.2) is 0 Å². The van der Waals surface area contributed by atoms with Crippen molar-refractivity contribution >= 4 is 0 Å². The summed E-state index contributed by atoms with van der Waals surface area (Å²) in [6, 6.07) is 0.824. The van der Waals surface area contributed by atoms with Crippen LogP contribution in [0, 0.1) is 11.8 Å². The first kappa shape index (κ1) is 15.0. The predicted octanol–water partition coefficient (Wildman–Crippen LogP) is 4.23. The van der Waals surface area contributed by atoms with Gasteiger partial charge in [0.2, 0.25) is 0 Å². The van der Waals surface area contributed by atoms with Crippen LogP contribution in [-0.4, -0.2) is 12.6 Å². The number of hydrogen-bond donors (Lipinski definition) is 1. The van der Waals surface area contributed by atoms with Gasteiger partial charge in [-0.25, -0.2) is 0 Å². The van der Waals surface area contributed by atoms with Crippen LogP contribution in [-0.2, 0) is 0 Å². The number of rotatable bonds is 4. The summed E-state index contributed by atoms with van der Waals surface area (Å²) in [5, 5.41) is 3.69. The fourth-order valence-corrected chi connectivity index (χ4v) is 1.98. The minimum atomic E-state index is 0.824. The van der Waals surface area contributed by atoms with Gasteiger partial charge in [0.1, 0.15) is 0 Å². The van der Waals surface area contributed by atoms with Crippen molar-refractivity contribution in [3.63, 3.8) is 0 Å². The molecule has 0 aromatic carbocycles. The minimum Gasteiger partial charge on any atom is -0.314 e. The Morgan fingerprint density at radius 1 is 1.13 bits per heavy atom. The summed E-state index contributed by atoms with van der Waals surface area (Å²) >= 11 is 0. The summed E-state index contributed by atoms with van der Waals surface area (Å²) < 4.78 is 0. The first-order valence-electron chi connectivity index (χ1n) is 6.95. The molecule has 0 aromatic rings. The molecule has 15 heavy (non-hydrogen) atoms. The molecule has 1 aliphatic carbocycles. The van der Waals surface area contributed by atoms with Gasteiger partial charge in [0.05, 0.1) is 0 Å². The molecule has 0 amide bonds. The Balaban J connectivity index is 0.000000921. The lowest BCUT2D eigenvalue weighted by atomic mass is 9.87. The third-order valence-corrected chi connectivity index (χ3v) is 3.47. The zero-order valence-corrected chi connectivity index (χ0v) is 11.5. The van der Waals surface area contributed by atoms with E-state index in [1.807, 2.05) is 13.8 Å². The van der Waals surface area contributed by atoms with Gasteiger partial charge in [0, 0.05) is 6.04 Å². The van der Waals surface area contributed by atoms with Crippen molar-refractivity contribution in [1.82, 2.24) is 5.32 Å². The molecule has 1 saturated carbocycles. The summed E-state index contributed by atoms with van der Waals surface area (Å²) in [4.78, 5) is 0. The molecule has 1 fully saturated rings. The highest BCUT2D eigenvalue weighted by Crippen LogP contribution is 2.23. The van der Waals surface area contributed by atoms with E-state index < -0.39 is 0 Å². The van der Waals surface area contributed by atoms with E-state index in [2.05, 4.69) is 26.1 Å². The molecule has 1 nitrogen and oxygen atoms in total. The molecule has 0 aromatic heterocycles. The van der Waals surface area contributed by atoms with Crippen molar-refractivity contribution in [3.8, 4) is 0 Å². The Bertz CT molecular complexity index is 125. The Labute approximate surface area is 97.0 Å². The van der Waals surface area contributed by atoms with Gasteiger partial charge >= 0.3 is 0 Å². The Morgan fingerprint density at radius 3 is 2.13 bits per heavy atom. The molecule has 1 atom stereocenters. The molecule has 1 N–H and O–H groups in total. The van der Waals surface area contributed by atoms with E-state index in [0.717, 1.165) is 17.9 Å². The lowest BCUT2D eigenvalue weighted by molar-refractivity contribution is 0.296. The second-order valence-corrected chi connectivity index (χ2v) is 4.88. The van der Waals surface area contributed by atoms with Crippen molar-refractivity contribution in [2.75, 3.05) is 6.54 Å². The standard InChI is InChI=1S/C12H25N.C2H6/c1-4-10(2)9-13-12-7-5-11(3)6-8-12;1-2/h10-13H,4-9H2,1-3H3;1-2H3. The van der Waals surface area contributed by atoms with Crippen molar-refractivity contribution in [2.24, 2.45) is 11.8 Å². The largest absolute Gasteiger partial charge is 0.314 e. The molecular weight excluding hydrogens is 182 g/mol. The second kappa shape index (κ2) is 9.21. The van der Waals surface area contributed by atoms with Gasteiger partial charge < -0.3 is 5.32 Å².